The Bertz CT molecular complexity index is 695. The van der Waals surface area contributed by atoms with Crippen molar-refractivity contribution < 1.29 is 4.79 Å². The van der Waals surface area contributed by atoms with E-state index in [0.29, 0.717) is 16.9 Å². The molecule has 0 aliphatic heterocycles. The zero-order valence-corrected chi connectivity index (χ0v) is 12.6. The average molecular weight is 293 g/mol. The number of hydrogen-bond donors (Lipinski definition) is 0. The van der Waals surface area contributed by atoms with Crippen molar-refractivity contribution in [2.45, 2.75) is 12.3 Å². The van der Waals surface area contributed by atoms with Crippen molar-refractivity contribution >= 4 is 17.5 Å². The Labute approximate surface area is 128 Å². The zero-order chi connectivity index (χ0) is 14.9. The average Bonchev–Trinajstić information content (AvgIpc) is 2.56. The molecule has 2 nitrogen and oxygen atoms in total. The minimum Gasteiger partial charge on any atom is -0.289 e. The molecule has 0 atom stereocenters. The zero-order valence-electron chi connectivity index (χ0n) is 11.8. The highest BCUT2D eigenvalue weighted by molar-refractivity contribution is 7.99. The minimum atomic E-state index is -0.734. The van der Waals surface area contributed by atoms with Crippen LogP contribution < -0.4 is 0 Å². The highest BCUT2D eigenvalue weighted by atomic mass is 32.2. The maximum Gasteiger partial charge on any atom is 0.193 e. The largest absolute Gasteiger partial charge is 0.289 e. The van der Waals surface area contributed by atoms with Gasteiger partial charge in [-0.3, -0.25) is 4.79 Å². The first-order valence-corrected chi connectivity index (χ1v) is 8.13. The number of nitriles is 1. The van der Waals surface area contributed by atoms with Gasteiger partial charge in [0.15, 0.2) is 5.78 Å². The van der Waals surface area contributed by atoms with Crippen molar-refractivity contribution in [1.29, 1.82) is 5.26 Å². The molecule has 0 amide bonds. The maximum atomic E-state index is 12.7. The van der Waals surface area contributed by atoms with Gasteiger partial charge in [0.1, 0.15) is 5.41 Å². The molecule has 0 aromatic heterocycles. The highest BCUT2D eigenvalue weighted by Gasteiger charge is 2.43. The standard InChI is InChI=1S/C18H15NOS/c1-2-21-12-18(11-19)15-9-5-3-7-13(15)17(20)14-8-4-6-10-16(14)18/h3-10H,2,12H2,1H3. The lowest BCUT2D eigenvalue weighted by Crippen LogP contribution is -2.36. The summed E-state index contributed by atoms with van der Waals surface area (Å²) in [6.45, 7) is 2.08. The Morgan fingerprint density at radius 1 is 1.05 bits per heavy atom. The summed E-state index contributed by atoms with van der Waals surface area (Å²) in [4.78, 5) is 12.7. The summed E-state index contributed by atoms with van der Waals surface area (Å²) in [6.07, 6.45) is 0. The fourth-order valence-corrected chi connectivity index (χ4v) is 3.85. The number of ketones is 1. The molecule has 0 unspecified atom stereocenters. The van der Waals surface area contributed by atoms with Gasteiger partial charge < -0.3 is 0 Å². The van der Waals surface area contributed by atoms with Gasteiger partial charge in [-0.05, 0) is 16.9 Å². The number of hydrogen-bond acceptors (Lipinski definition) is 3. The van der Waals surface area contributed by atoms with Crippen LogP contribution in [0, 0.1) is 11.3 Å². The summed E-state index contributed by atoms with van der Waals surface area (Å²) >= 11 is 1.73. The molecule has 1 aliphatic rings. The monoisotopic (exact) mass is 293 g/mol. The van der Waals surface area contributed by atoms with Gasteiger partial charge in [0.05, 0.1) is 6.07 Å². The number of fused-ring (bicyclic) bond motifs is 2. The number of carbonyl (C=O) groups is 1. The SMILES string of the molecule is CCSCC1(C#N)c2ccccc2C(=O)c2ccccc21. The van der Waals surface area contributed by atoms with E-state index < -0.39 is 5.41 Å². The highest BCUT2D eigenvalue weighted by Crippen LogP contribution is 2.43. The van der Waals surface area contributed by atoms with E-state index in [1.54, 1.807) is 11.8 Å². The molecule has 0 saturated heterocycles. The molecular formula is C18H15NOS. The predicted octanol–water partition coefficient (Wildman–Crippen LogP) is 3.79. The first-order chi connectivity index (χ1) is 10.2. The molecule has 21 heavy (non-hydrogen) atoms. The Morgan fingerprint density at radius 3 is 2.05 bits per heavy atom. The van der Waals surface area contributed by atoms with Crippen molar-refractivity contribution in [1.82, 2.24) is 0 Å². The van der Waals surface area contributed by atoms with Crippen LogP contribution >= 0.6 is 11.8 Å². The Balaban J connectivity index is 2.32. The van der Waals surface area contributed by atoms with Crippen molar-refractivity contribution in [2.24, 2.45) is 0 Å². The summed E-state index contributed by atoms with van der Waals surface area (Å²) in [5.74, 6) is 1.64. The predicted molar refractivity (Wildman–Crippen MR) is 85.7 cm³/mol. The van der Waals surface area contributed by atoms with Gasteiger partial charge in [-0.25, -0.2) is 0 Å². The molecule has 0 fully saturated rings. The van der Waals surface area contributed by atoms with E-state index in [2.05, 4.69) is 13.0 Å². The van der Waals surface area contributed by atoms with E-state index >= 15 is 0 Å². The van der Waals surface area contributed by atoms with E-state index in [4.69, 9.17) is 0 Å². The molecule has 0 spiro atoms. The lowest BCUT2D eigenvalue weighted by atomic mass is 9.68. The molecule has 3 heteroatoms. The molecule has 0 saturated carbocycles. The quantitative estimate of drug-likeness (QED) is 0.864. The molecule has 1 aliphatic carbocycles. The van der Waals surface area contributed by atoms with Gasteiger partial charge in [-0.1, -0.05) is 55.5 Å². The van der Waals surface area contributed by atoms with Crippen LogP contribution in [0.25, 0.3) is 0 Å². The summed E-state index contributed by atoms with van der Waals surface area (Å²) in [7, 11) is 0. The van der Waals surface area contributed by atoms with E-state index in [-0.39, 0.29) is 5.78 Å². The summed E-state index contributed by atoms with van der Waals surface area (Å²) in [6, 6.07) is 17.5. The number of carbonyl (C=O) groups excluding carboxylic acids is 1. The molecule has 0 heterocycles. The number of thioether (sulfide) groups is 1. The first-order valence-electron chi connectivity index (χ1n) is 6.97. The summed E-state index contributed by atoms with van der Waals surface area (Å²) in [5, 5.41) is 9.97. The molecule has 2 aromatic carbocycles. The number of benzene rings is 2. The maximum absolute atomic E-state index is 12.7. The second kappa shape index (κ2) is 5.38. The van der Waals surface area contributed by atoms with Crippen molar-refractivity contribution in [3.8, 4) is 6.07 Å². The molecule has 0 N–H and O–H groups in total. The Morgan fingerprint density at radius 2 is 1.57 bits per heavy atom. The normalized spacial score (nSPS) is 15.0. The van der Waals surface area contributed by atoms with Crippen LogP contribution in [-0.2, 0) is 5.41 Å². The van der Waals surface area contributed by atoms with E-state index in [0.717, 1.165) is 16.9 Å². The van der Waals surface area contributed by atoms with E-state index in [1.807, 2.05) is 48.5 Å². The van der Waals surface area contributed by atoms with Crippen LogP contribution in [0.2, 0.25) is 0 Å². The smallest absolute Gasteiger partial charge is 0.193 e. The molecule has 3 rings (SSSR count). The lowest BCUT2D eigenvalue weighted by Gasteiger charge is -2.34. The van der Waals surface area contributed by atoms with Crippen LogP contribution in [0.3, 0.4) is 0 Å². The van der Waals surface area contributed by atoms with Gasteiger partial charge in [-0.2, -0.15) is 17.0 Å². The third kappa shape index (κ3) is 1.99. The third-order valence-corrected chi connectivity index (χ3v) is 5.02. The molecular weight excluding hydrogens is 278 g/mol. The third-order valence-electron chi connectivity index (χ3n) is 3.98. The molecule has 104 valence electrons. The van der Waals surface area contributed by atoms with Gasteiger partial charge in [-0.15, -0.1) is 0 Å². The van der Waals surface area contributed by atoms with Crippen LogP contribution in [0.5, 0.6) is 0 Å². The molecule has 0 radical (unpaired) electrons. The molecule has 2 aromatic rings. The fourth-order valence-electron chi connectivity index (χ4n) is 2.96. The van der Waals surface area contributed by atoms with E-state index in [1.165, 1.54) is 0 Å². The molecule has 0 bridgehead atoms. The second-order valence-corrected chi connectivity index (χ2v) is 6.35. The van der Waals surface area contributed by atoms with Gasteiger partial charge in [0, 0.05) is 16.9 Å². The summed E-state index contributed by atoms with van der Waals surface area (Å²) < 4.78 is 0. The van der Waals surface area contributed by atoms with Crippen molar-refractivity contribution in [2.75, 3.05) is 11.5 Å². The van der Waals surface area contributed by atoms with Crippen LogP contribution in [0.4, 0.5) is 0 Å². The Kier molecular flexibility index (Phi) is 3.57. The van der Waals surface area contributed by atoms with Crippen molar-refractivity contribution in [3.05, 3.63) is 70.8 Å². The van der Waals surface area contributed by atoms with Crippen LogP contribution in [0.1, 0.15) is 34.0 Å². The van der Waals surface area contributed by atoms with Gasteiger partial charge in [0.2, 0.25) is 0 Å². The van der Waals surface area contributed by atoms with Crippen molar-refractivity contribution in [3.63, 3.8) is 0 Å². The summed E-state index contributed by atoms with van der Waals surface area (Å²) in [5.41, 5.74) is 2.28. The topological polar surface area (TPSA) is 40.9 Å². The van der Waals surface area contributed by atoms with Crippen LogP contribution in [-0.4, -0.2) is 17.3 Å². The second-order valence-electron chi connectivity index (χ2n) is 5.07. The first kappa shape index (κ1) is 13.9. The fraction of sp³-hybridized carbons (Fsp3) is 0.222. The van der Waals surface area contributed by atoms with Gasteiger partial charge >= 0.3 is 0 Å². The van der Waals surface area contributed by atoms with Crippen LogP contribution in [0.15, 0.2) is 48.5 Å². The van der Waals surface area contributed by atoms with E-state index in [9.17, 15) is 10.1 Å². The minimum absolute atomic E-state index is 0.0218. The Hall–Kier alpha value is -2.05. The number of rotatable bonds is 3. The van der Waals surface area contributed by atoms with Gasteiger partial charge in [0.25, 0.3) is 0 Å². The number of nitrogens with zero attached hydrogens (tertiary/aromatic N) is 1. The lowest BCUT2D eigenvalue weighted by molar-refractivity contribution is 0.103.